The van der Waals surface area contributed by atoms with Crippen molar-refractivity contribution in [2.45, 2.75) is 6.18 Å². The number of hydrogen-bond acceptors (Lipinski definition) is 7. The number of anilines is 5. The van der Waals surface area contributed by atoms with E-state index in [1.54, 1.807) is 12.3 Å². The van der Waals surface area contributed by atoms with Gasteiger partial charge in [0, 0.05) is 38.4 Å². The van der Waals surface area contributed by atoms with Gasteiger partial charge in [0.1, 0.15) is 11.6 Å². The highest BCUT2D eigenvalue weighted by Crippen LogP contribution is 2.36. The highest BCUT2D eigenvalue weighted by molar-refractivity contribution is 5.99. The summed E-state index contributed by atoms with van der Waals surface area (Å²) in [5.74, 6) is -0.0311. The van der Waals surface area contributed by atoms with E-state index in [-0.39, 0.29) is 22.8 Å². The van der Waals surface area contributed by atoms with E-state index in [9.17, 15) is 18.0 Å². The van der Waals surface area contributed by atoms with Crippen LogP contribution in [-0.2, 0) is 6.18 Å². The second kappa shape index (κ2) is 9.56. The van der Waals surface area contributed by atoms with Gasteiger partial charge in [0.25, 0.3) is 5.91 Å². The monoisotopic (exact) mass is 471 g/mol. The van der Waals surface area contributed by atoms with Gasteiger partial charge in [-0.15, -0.1) is 0 Å². The number of nitrogens with zero attached hydrogens (tertiary/aromatic N) is 4. The Balaban J connectivity index is 1.55. The minimum absolute atomic E-state index is 0.0408. The normalized spacial score (nSPS) is 14.6. The Bertz CT molecular complexity index is 1160. The van der Waals surface area contributed by atoms with Crippen molar-refractivity contribution in [3.05, 3.63) is 66.0 Å². The molecule has 11 heteroatoms. The lowest BCUT2D eigenvalue weighted by atomic mass is 10.1. The van der Waals surface area contributed by atoms with Gasteiger partial charge in [-0.05, 0) is 31.3 Å². The summed E-state index contributed by atoms with van der Waals surface area (Å²) in [5, 5.41) is 5.69. The number of alkyl halides is 3. The van der Waals surface area contributed by atoms with Crippen LogP contribution in [-0.4, -0.2) is 54.0 Å². The van der Waals surface area contributed by atoms with Crippen molar-refractivity contribution in [3.8, 4) is 0 Å². The van der Waals surface area contributed by atoms with Crippen molar-refractivity contribution in [3.63, 3.8) is 0 Å². The predicted octanol–water partition coefficient (Wildman–Crippen LogP) is 3.83. The van der Waals surface area contributed by atoms with Gasteiger partial charge < -0.3 is 26.2 Å². The van der Waals surface area contributed by atoms with E-state index < -0.39 is 17.6 Å². The standard InChI is InChI=1S/C23H24F3N7O/c1-32-8-10-33(11-9-32)15-6-7-20(28-13-15)31-21-12-19(16(14-29-21)22(27)34)30-18-5-3-2-4-17(18)23(24,25)26/h2-7,12-14H,8-11H2,1H3,(H2,27,34)(H2,28,29,30,31). The van der Waals surface area contributed by atoms with Crippen LogP contribution in [0.2, 0.25) is 0 Å². The Morgan fingerprint density at radius 2 is 1.65 bits per heavy atom. The van der Waals surface area contributed by atoms with Gasteiger partial charge in [-0.2, -0.15) is 13.2 Å². The van der Waals surface area contributed by atoms with Crippen LogP contribution in [0.25, 0.3) is 0 Å². The molecule has 1 aromatic carbocycles. The average molecular weight is 471 g/mol. The van der Waals surface area contributed by atoms with E-state index in [0.717, 1.165) is 37.9 Å². The molecule has 1 amide bonds. The molecule has 0 bridgehead atoms. The molecule has 1 saturated heterocycles. The van der Waals surface area contributed by atoms with Gasteiger partial charge >= 0.3 is 6.18 Å². The molecule has 8 nitrogen and oxygen atoms in total. The molecule has 3 heterocycles. The first kappa shape index (κ1) is 23.3. The molecule has 0 aliphatic carbocycles. The zero-order valence-electron chi connectivity index (χ0n) is 18.4. The molecule has 34 heavy (non-hydrogen) atoms. The van der Waals surface area contributed by atoms with E-state index in [2.05, 4.69) is 37.4 Å². The van der Waals surface area contributed by atoms with Crippen LogP contribution in [0.15, 0.2) is 54.9 Å². The van der Waals surface area contributed by atoms with Crippen LogP contribution in [0.4, 0.5) is 41.9 Å². The summed E-state index contributed by atoms with van der Waals surface area (Å²) in [4.78, 5) is 24.9. The Kier molecular flexibility index (Phi) is 6.55. The number of aromatic nitrogens is 2. The Morgan fingerprint density at radius 1 is 0.941 bits per heavy atom. The summed E-state index contributed by atoms with van der Waals surface area (Å²) >= 11 is 0. The van der Waals surface area contributed by atoms with Crippen molar-refractivity contribution in [2.24, 2.45) is 5.73 Å². The number of halogens is 3. The highest BCUT2D eigenvalue weighted by Gasteiger charge is 2.33. The molecule has 0 unspecified atom stereocenters. The fourth-order valence-corrected chi connectivity index (χ4v) is 3.65. The largest absolute Gasteiger partial charge is 0.418 e. The maximum Gasteiger partial charge on any atom is 0.418 e. The maximum atomic E-state index is 13.4. The lowest BCUT2D eigenvalue weighted by Gasteiger charge is -2.33. The average Bonchev–Trinajstić information content (AvgIpc) is 2.80. The first-order valence-corrected chi connectivity index (χ1v) is 10.6. The molecule has 0 atom stereocenters. The van der Waals surface area contributed by atoms with Gasteiger partial charge in [0.05, 0.1) is 34.4 Å². The molecular formula is C23H24F3N7O. The molecule has 4 N–H and O–H groups in total. The molecule has 0 spiro atoms. The summed E-state index contributed by atoms with van der Waals surface area (Å²) in [6.07, 6.45) is -1.61. The number of benzene rings is 1. The van der Waals surface area contributed by atoms with Crippen LogP contribution >= 0.6 is 0 Å². The highest BCUT2D eigenvalue weighted by atomic mass is 19.4. The molecule has 178 valence electrons. The SMILES string of the molecule is CN1CCN(c2ccc(Nc3cc(Nc4ccccc4C(F)(F)F)c(C(N)=O)cn3)nc2)CC1. The van der Waals surface area contributed by atoms with Crippen LogP contribution in [0.5, 0.6) is 0 Å². The number of primary amides is 1. The first-order valence-electron chi connectivity index (χ1n) is 10.6. The van der Waals surface area contributed by atoms with Crippen molar-refractivity contribution in [2.75, 3.05) is 48.8 Å². The second-order valence-electron chi connectivity index (χ2n) is 7.96. The van der Waals surface area contributed by atoms with Crippen LogP contribution < -0.4 is 21.3 Å². The fourth-order valence-electron chi connectivity index (χ4n) is 3.65. The third kappa shape index (κ3) is 5.37. The molecule has 1 fully saturated rings. The molecule has 1 aliphatic rings. The molecular weight excluding hydrogens is 447 g/mol. The number of piperazine rings is 1. The van der Waals surface area contributed by atoms with E-state index in [1.807, 2.05) is 6.07 Å². The second-order valence-corrected chi connectivity index (χ2v) is 7.96. The zero-order valence-corrected chi connectivity index (χ0v) is 18.4. The fraction of sp³-hybridized carbons (Fsp3) is 0.261. The number of hydrogen-bond donors (Lipinski definition) is 3. The minimum atomic E-state index is -4.57. The van der Waals surface area contributed by atoms with Crippen molar-refractivity contribution in [1.29, 1.82) is 0 Å². The molecule has 1 aliphatic heterocycles. The third-order valence-corrected chi connectivity index (χ3v) is 5.54. The number of carbonyl (C=O) groups excluding carboxylic acids is 1. The van der Waals surface area contributed by atoms with E-state index >= 15 is 0 Å². The van der Waals surface area contributed by atoms with Crippen molar-refractivity contribution < 1.29 is 18.0 Å². The van der Waals surface area contributed by atoms with Crippen LogP contribution in [0, 0.1) is 0 Å². The summed E-state index contributed by atoms with van der Waals surface area (Å²) in [5.41, 5.74) is 5.40. The Morgan fingerprint density at radius 3 is 2.29 bits per heavy atom. The number of rotatable bonds is 6. The number of likely N-dealkylation sites (N-methyl/N-ethyl adjacent to an activating group) is 1. The Hall–Kier alpha value is -3.86. The van der Waals surface area contributed by atoms with Gasteiger partial charge in [-0.25, -0.2) is 9.97 Å². The zero-order chi connectivity index (χ0) is 24.3. The summed E-state index contributed by atoms with van der Waals surface area (Å²) in [6.45, 7) is 3.78. The van der Waals surface area contributed by atoms with Crippen LogP contribution in [0.3, 0.4) is 0 Å². The van der Waals surface area contributed by atoms with Gasteiger partial charge in [0.15, 0.2) is 0 Å². The first-order chi connectivity index (χ1) is 16.2. The quantitative estimate of drug-likeness (QED) is 0.503. The van der Waals surface area contributed by atoms with E-state index in [1.165, 1.54) is 30.5 Å². The van der Waals surface area contributed by atoms with Gasteiger partial charge in [0.2, 0.25) is 0 Å². The maximum absolute atomic E-state index is 13.4. The van der Waals surface area contributed by atoms with Gasteiger partial charge in [-0.1, -0.05) is 12.1 Å². The van der Waals surface area contributed by atoms with E-state index in [4.69, 9.17) is 5.73 Å². The van der Waals surface area contributed by atoms with E-state index in [0.29, 0.717) is 5.82 Å². The predicted molar refractivity (Wildman–Crippen MR) is 125 cm³/mol. The smallest absolute Gasteiger partial charge is 0.368 e. The van der Waals surface area contributed by atoms with Crippen molar-refractivity contribution >= 4 is 34.6 Å². The number of para-hydroxylation sites is 1. The van der Waals surface area contributed by atoms with Crippen molar-refractivity contribution in [1.82, 2.24) is 14.9 Å². The molecule has 2 aromatic heterocycles. The number of carbonyl (C=O) groups is 1. The van der Waals surface area contributed by atoms with Crippen LogP contribution in [0.1, 0.15) is 15.9 Å². The number of amides is 1. The number of nitrogens with one attached hydrogen (secondary N) is 2. The minimum Gasteiger partial charge on any atom is -0.368 e. The topological polar surface area (TPSA) is 99.4 Å². The molecule has 4 rings (SSSR count). The summed E-state index contributed by atoms with van der Waals surface area (Å²) in [7, 11) is 2.09. The third-order valence-electron chi connectivity index (χ3n) is 5.54. The lowest BCUT2D eigenvalue weighted by Crippen LogP contribution is -2.44. The van der Waals surface area contributed by atoms with Gasteiger partial charge in [-0.3, -0.25) is 4.79 Å². The molecule has 0 saturated carbocycles. The number of nitrogens with two attached hydrogens (primary N) is 1. The lowest BCUT2D eigenvalue weighted by molar-refractivity contribution is -0.136. The summed E-state index contributed by atoms with van der Waals surface area (Å²) < 4.78 is 40.2. The molecule has 3 aromatic rings. The summed E-state index contributed by atoms with van der Waals surface area (Å²) in [6, 6.07) is 10.1. The molecule has 0 radical (unpaired) electrons. The number of pyridine rings is 2. The Labute approximate surface area is 194 Å².